The third kappa shape index (κ3) is 6.74. The third-order valence-electron chi connectivity index (χ3n) is 11.2. The van der Waals surface area contributed by atoms with Gasteiger partial charge in [0.15, 0.2) is 5.78 Å². The van der Waals surface area contributed by atoms with E-state index in [9.17, 15) is 28.8 Å². The smallest absolute Gasteiger partial charge is 0.263 e. The Labute approximate surface area is 316 Å². The molecular weight excluding hydrogens is 702 g/mol. The molecule has 1 unspecified atom stereocenters. The number of rotatable bonds is 8. The predicted molar refractivity (Wildman–Crippen MR) is 204 cm³/mol. The van der Waals surface area contributed by atoms with Crippen LogP contribution in [0.4, 0.5) is 17.5 Å². The number of benzene rings is 1. The molecule has 1 aliphatic carbocycles. The summed E-state index contributed by atoms with van der Waals surface area (Å²) < 4.78 is 1.68. The van der Waals surface area contributed by atoms with E-state index in [0.717, 1.165) is 36.9 Å². The fourth-order valence-corrected chi connectivity index (χ4v) is 8.30. The van der Waals surface area contributed by atoms with Gasteiger partial charge in [-0.15, -0.1) is 0 Å². The maximum atomic E-state index is 13.5. The van der Waals surface area contributed by atoms with Crippen molar-refractivity contribution in [3.05, 3.63) is 87.0 Å². The van der Waals surface area contributed by atoms with E-state index >= 15 is 0 Å². The van der Waals surface area contributed by atoms with Crippen molar-refractivity contribution in [2.45, 2.75) is 71.0 Å². The van der Waals surface area contributed by atoms with Gasteiger partial charge in [-0.3, -0.25) is 38.7 Å². The lowest BCUT2D eigenvalue weighted by molar-refractivity contribution is -0.137. The summed E-state index contributed by atoms with van der Waals surface area (Å²) in [5.74, 6) is -0.679. The van der Waals surface area contributed by atoms with Crippen molar-refractivity contribution in [1.29, 1.82) is 0 Å². The van der Waals surface area contributed by atoms with Crippen LogP contribution < -0.4 is 21.1 Å². The standard InChI is InChI=1S/C40H41N9O6/c1-23-29-21-42-40(45-36(29)49(27-8-3-4-9-27)39(55)34(23)24(2)50)43-31-13-11-28(20-41-31)46-16-18-47(19-17-46)33(52)15-10-25-6-5-7-26-22-48(38(54)35(25)26)30-12-14-32(51)44-37(30)53/h5-7,10-11,13,15,20-21,27,30H,3-4,8-9,12,14,16-19,22H2,1-2H3,(H,44,51,53)(H,41,42,43,45)/b15-10+. The van der Waals surface area contributed by atoms with Crippen LogP contribution in [-0.2, 0) is 20.9 Å². The van der Waals surface area contributed by atoms with Gasteiger partial charge in [0.25, 0.3) is 11.5 Å². The molecule has 282 valence electrons. The first-order valence-electron chi connectivity index (χ1n) is 18.7. The molecule has 55 heavy (non-hydrogen) atoms. The molecule has 3 aromatic heterocycles. The highest BCUT2D eigenvalue weighted by atomic mass is 16.2. The number of aromatic nitrogens is 4. The number of imide groups is 1. The average molecular weight is 744 g/mol. The van der Waals surface area contributed by atoms with E-state index in [1.165, 1.54) is 17.9 Å². The molecule has 15 heteroatoms. The largest absolute Gasteiger partial charge is 0.367 e. The fraction of sp³-hybridized carbons (Fsp3) is 0.375. The Morgan fingerprint density at radius 1 is 0.945 bits per heavy atom. The zero-order valence-electron chi connectivity index (χ0n) is 30.7. The second kappa shape index (κ2) is 14.5. The summed E-state index contributed by atoms with van der Waals surface area (Å²) in [6.07, 6.45) is 10.8. The van der Waals surface area contributed by atoms with Gasteiger partial charge in [0.2, 0.25) is 23.7 Å². The number of hydrogen-bond acceptors (Lipinski definition) is 11. The number of amides is 4. The van der Waals surface area contributed by atoms with Gasteiger partial charge in [-0.05, 0) is 68.0 Å². The first-order valence-corrected chi connectivity index (χ1v) is 18.7. The van der Waals surface area contributed by atoms with Crippen molar-refractivity contribution < 1.29 is 24.0 Å². The van der Waals surface area contributed by atoms with Crippen LogP contribution in [-0.4, -0.2) is 91.0 Å². The Morgan fingerprint density at radius 3 is 2.44 bits per heavy atom. The summed E-state index contributed by atoms with van der Waals surface area (Å²) in [4.78, 5) is 96.0. The minimum Gasteiger partial charge on any atom is -0.367 e. The van der Waals surface area contributed by atoms with Crippen LogP contribution in [0.1, 0.15) is 88.9 Å². The number of fused-ring (bicyclic) bond motifs is 2. The molecule has 1 saturated carbocycles. The molecule has 1 atom stereocenters. The van der Waals surface area contributed by atoms with Crippen molar-refractivity contribution in [2.75, 3.05) is 36.4 Å². The highest BCUT2D eigenvalue weighted by molar-refractivity contribution is 6.07. The first kappa shape index (κ1) is 35.8. The van der Waals surface area contributed by atoms with Crippen molar-refractivity contribution in [2.24, 2.45) is 0 Å². The lowest BCUT2D eigenvalue weighted by Crippen LogP contribution is -2.52. The lowest BCUT2D eigenvalue weighted by atomic mass is 10.0. The highest BCUT2D eigenvalue weighted by Crippen LogP contribution is 2.33. The molecule has 15 nitrogen and oxygen atoms in total. The normalized spacial score (nSPS) is 19.1. The topological polar surface area (TPSA) is 180 Å². The minimum absolute atomic E-state index is 0.0178. The van der Waals surface area contributed by atoms with E-state index in [1.807, 2.05) is 24.3 Å². The van der Waals surface area contributed by atoms with Gasteiger partial charge in [0.05, 0.1) is 23.0 Å². The van der Waals surface area contributed by atoms with E-state index in [4.69, 9.17) is 4.98 Å². The maximum Gasteiger partial charge on any atom is 0.263 e. The zero-order valence-corrected chi connectivity index (χ0v) is 30.7. The Bertz CT molecular complexity index is 2340. The van der Waals surface area contributed by atoms with Gasteiger partial charge in [0, 0.05) is 62.8 Å². The summed E-state index contributed by atoms with van der Waals surface area (Å²) in [5, 5.41) is 6.16. The Morgan fingerprint density at radius 2 is 1.73 bits per heavy atom. The highest BCUT2D eigenvalue weighted by Gasteiger charge is 2.40. The Kier molecular flexibility index (Phi) is 9.45. The van der Waals surface area contributed by atoms with E-state index in [2.05, 4.69) is 25.5 Å². The molecule has 0 radical (unpaired) electrons. The number of pyridine rings is 2. The Balaban J connectivity index is 0.901. The molecule has 4 aromatic rings. The number of piperidine rings is 1. The van der Waals surface area contributed by atoms with Gasteiger partial charge < -0.3 is 20.0 Å². The Hall–Kier alpha value is -6.25. The van der Waals surface area contributed by atoms with Crippen molar-refractivity contribution in [3.63, 3.8) is 0 Å². The van der Waals surface area contributed by atoms with Crippen LogP contribution in [0, 0.1) is 6.92 Å². The monoisotopic (exact) mass is 743 g/mol. The van der Waals surface area contributed by atoms with Gasteiger partial charge in [-0.2, -0.15) is 4.98 Å². The van der Waals surface area contributed by atoms with Crippen LogP contribution in [0.2, 0.25) is 0 Å². The number of nitrogens with zero attached hydrogens (tertiary/aromatic N) is 7. The number of hydrogen-bond donors (Lipinski definition) is 2. The van der Waals surface area contributed by atoms with Gasteiger partial charge in [-0.1, -0.05) is 31.0 Å². The van der Waals surface area contributed by atoms with Crippen LogP contribution in [0.5, 0.6) is 0 Å². The number of Topliss-reactive ketones (excluding diaryl/α,β-unsaturated/α-hetero) is 1. The molecule has 2 N–H and O–H groups in total. The first-order chi connectivity index (χ1) is 26.6. The molecule has 8 rings (SSSR count). The predicted octanol–water partition coefficient (Wildman–Crippen LogP) is 3.68. The number of carbonyl (C=O) groups excluding carboxylic acids is 5. The fourth-order valence-electron chi connectivity index (χ4n) is 8.30. The van der Waals surface area contributed by atoms with E-state index in [0.29, 0.717) is 65.7 Å². The van der Waals surface area contributed by atoms with Gasteiger partial charge in [0.1, 0.15) is 17.5 Å². The number of ketones is 1. The second-order valence-electron chi connectivity index (χ2n) is 14.6. The molecule has 2 saturated heterocycles. The zero-order chi connectivity index (χ0) is 38.4. The number of carbonyl (C=O) groups is 5. The molecule has 6 heterocycles. The number of aryl methyl sites for hydroxylation is 1. The summed E-state index contributed by atoms with van der Waals surface area (Å²) in [7, 11) is 0. The van der Waals surface area contributed by atoms with Crippen molar-refractivity contribution in [1.82, 2.24) is 34.6 Å². The summed E-state index contributed by atoms with van der Waals surface area (Å²) in [5.41, 5.74) is 3.75. The quantitative estimate of drug-likeness (QED) is 0.153. The van der Waals surface area contributed by atoms with Gasteiger partial charge >= 0.3 is 0 Å². The van der Waals surface area contributed by atoms with Crippen LogP contribution >= 0.6 is 0 Å². The lowest BCUT2D eigenvalue weighted by Gasteiger charge is -2.35. The number of nitrogens with one attached hydrogen (secondary N) is 2. The van der Waals surface area contributed by atoms with E-state index in [1.54, 1.807) is 40.9 Å². The van der Waals surface area contributed by atoms with Crippen LogP contribution in [0.15, 0.2) is 53.6 Å². The van der Waals surface area contributed by atoms with Crippen molar-refractivity contribution in [3.8, 4) is 0 Å². The van der Waals surface area contributed by atoms with E-state index < -0.39 is 11.9 Å². The van der Waals surface area contributed by atoms with E-state index in [-0.39, 0.29) is 60.1 Å². The minimum atomic E-state index is -0.704. The second-order valence-corrected chi connectivity index (χ2v) is 14.6. The van der Waals surface area contributed by atoms with Crippen LogP contribution in [0.3, 0.4) is 0 Å². The summed E-state index contributed by atoms with van der Waals surface area (Å²) in [6.45, 7) is 5.65. The molecular formula is C40H41N9O6. The van der Waals surface area contributed by atoms with Gasteiger partial charge in [-0.25, -0.2) is 9.97 Å². The maximum absolute atomic E-state index is 13.5. The molecule has 3 aliphatic heterocycles. The molecule has 1 aromatic carbocycles. The SMILES string of the molecule is CC(=O)c1c(C)c2cnc(Nc3ccc(N4CCN(C(=O)/C=C/c5cccc6c5C(=O)N(C5CCC(=O)NC5=O)C6)CC4)cn3)nc2n(C2CCCC2)c1=O. The molecule has 3 fully saturated rings. The molecule has 0 bridgehead atoms. The molecule has 4 aliphatic rings. The van der Waals surface area contributed by atoms with Crippen LogP contribution in [0.25, 0.3) is 17.1 Å². The summed E-state index contributed by atoms with van der Waals surface area (Å²) >= 11 is 0. The average Bonchev–Trinajstić information content (AvgIpc) is 3.82. The number of piperazine rings is 1. The molecule has 4 amide bonds. The summed E-state index contributed by atoms with van der Waals surface area (Å²) in [6, 6.07) is 8.51. The van der Waals surface area contributed by atoms with Crippen molar-refractivity contribution >= 4 is 64.0 Å². The number of anilines is 3. The molecule has 0 spiro atoms. The third-order valence-corrected chi connectivity index (χ3v) is 11.2.